The molecule has 0 heterocycles. The van der Waals surface area contributed by atoms with E-state index >= 15 is 0 Å². The predicted octanol–water partition coefficient (Wildman–Crippen LogP) is 7.47. The molecule has 186 valence electrons. The van der Waals surface area contributed by atoms with Gasteiger partial charge in [-0.15, -0.1) is 23.2 Å². The van der Waals surface area contributed by atoms with Gasteiger partial charge in [0.1, 0.15) is 10.0 Å². The van der Waals surface area contributed by atoms with E-state index in [0.717, 1.165) is 12.1 Å². The van der Waals surface area contributed by atoms with E-state index in [1.54, 1.807) is 19.9 Å². The van der Waals surface area contributed by atoms with Crippen molar-refractivity contribution in [3.05, 3.63) is 74.3 Å². The standard InChI is InChI=1S/C23H18Cl5F2N3O2/c1-9(5-15(26)10(2)24)18-19(23(18,27)28)22(35)32-12-3-4-14(25)13(8-12)21(34)33-20-16(29)6-11(31)7-17(20)30/h3-8,18-19H,31H2,1-2H3,(H,32,35)(H,33,34)/b9-5+,15-10-/t18-,19+/m0/s1. The van der Waals surface area contributed by atoms with Crippen LogP contribution in [0.25, 0.3) is 0 Å². The topological polar surface area (TPSA) is 84.2 Å². The van der Waals surface area contributed by atoms with Crippen LogP contribution in [0.1, 0.15) is 24.2 Å². The van der Waals surface area contributed by atoms with E-state index in [9.17, 15) is 18.4 Å². The van der Waals surface area contributed by atoms with Gasteiger partial charge in [0.15, 0.2) is 11.6 Å². The van der Waals surface area contributed by atoms with Crippen molar-refractivity contribution in [1.29, 1.82) is 0 Å². The molecule has 0 spiro atoms. The molecule has 1 fully saturated rings. The Labute approximate surface area is 225 Å². The van der Waals surface area contributed by atoms with Gasteiger partial charge in [-0.3, -0.25) is 9.59 Å². The zero-order valence-electron chi connectivity index (χ0n) is 18.2. The van der Waals surface area contributed by atoms with Crippen LogP contribution in [0.4, 0.5) is 25.8 Å². The van der Waals surface area contributed by atoms with E-state index in [4.69, 9.17) is 63.7 Å². The highest BCUT2D eigenvalue weighted by molar-refractivity contribution is 6.53. The molecule has 2 amide bonds. The molecule has 1 aliphatic carbocycles. The number of anilines is 3. The first kappa shape index (κ1) is 27.6. The average molecular weight is 584 g/mol. The van der Waals surface area contributed by atoms with Gasteiger partial charge in [-0.1, -0.05) is 40.4 Å². The molecule has 0 unspecified atom stereocenters. The molecular weight excluding hydrogens is 566 g/mol. The van der Waals surface area contributed by atoms with E-state index in [0.29, 0.717) is 15.6 Å². The van der Waals surface area contributed by atoms with Gasteiger partial charge >= 0.3 is 0 Å². The van der Waals surface area contributed by atoms with Gasteiger partial charge in [-0.25, -0.2) is 8.78 Å². The number of nitrogens with one attached hydrogen (secondary N) is 2. The SMILES string of the molecule is C/C(Cl)=C(Cl)\C=C(/C)[C@H]1[C@H](C(=O)Nc2ccc(Cl)c(C(=O)Nc3c(F)cc(N)cc3F)c2)C1(Cl)Cl. The first-order chi connectivity index (χ1) is 16.2. The molecule has 0 saturated heterocycles. The van der Waals surface area contributed by atoms with E-state index in [1.807, 2.05) is 0 Å². The number of alkyl halides is 2. The zero-order chi connectivity index (χ0) is 26.2. The molecule has 1 saturated carbocycles. The van der Waals surface area contributed by atoms with Crippen LogP contribution in [0.2, 0.25) is 5.02 Å². The molecule has 0 aromatic heterocycles. The Bertz CT molecular complexity index is 1250. The second kappa shape index (κ2) is 10.5. The quantitative estimate of drug-likeness (QED) is 0.187. The molecule has 3 rings (SSSR count). The van der Waals surface area contributed by atoms with E-state index in [1.165, 1.54) is 18.2 Å². The van der Waals surface area contributed by atoms with E-state index < -0.39 is 45.3 Å². The van der Waals surface area contributed by atoms with Gasteiger partial charge in [0.2, 0.25) is 5.91 Å². The summed E-state index contributed by atoms with van der Waals surface area (Å²) in [5, 5.41) is 5.40. The lowest BCUT2D eigenvalue weighted by Gasteiger charge is -2.12. The molecule has 5 nitrogen and oxygen atoms in total. The normalized spacial score (nSPS) is 19.6. The summed E-state index contributed by atoms with van der Waals surface area (Å²) >= 11 is 30.7. The highest BCUT2D eigenvalue weighted by Gasteiger charge is 2.67. The van der Waals surface area contributed by atoms with E-state index in [2.05, 4.69) is 10.6 Å². The van der Waals surface area contributed by atoms with Gasteiger partial charge < -0.3 is 16.4 Å². The predicted molar refractivity (Wildman–Crippen MR) is 138 cm³/mol. The minimum absolute atomic E-state index is 0.0123. The van der Waals surface area contributed by atoms with Crippen LogP contribution in [-0.4, -0.2) is 16.1 Å². The molecule has 35 heavy (non-hydrogen) atoms. The Morgan fingerprint density at radius 3 is 2.20 bits per heavy atom. The number of allylic oxidation sites excluding steroid dienone is 4. The number of rotatable bonds is 6. The molecule has 0 aliphatic heterocycles. The van der Waals surface area contributed by atoms with Crippen molar-refractivity contribution in [2.75, 3.05) is 16.4 Å². The largest absolute Gasteiger partial charge is 0.399 e. The molecule has 2 atom stereocenters. The lowest BCUT2D eigenvalue weighted by atomic mass is 10.1. The molecule has 2 aromatic rings. The van der Waals surface area contributed by atoms with Crippen LogP contribution in [0.5, 0.6) is 0 Å². The van der Waals surface area contributed by atoms with Crippen molar-refractivity contribution in [3.63, 3.8) is 0 Å². The van der Waals surface area contributed by atoms with Crippen molar-refractivity contribution < 1.29 is 18.4 Å². The molecule has 2 aromatic carbocycles. The molecule has 1 aliphatic rings. The number of carbonyl (C=O) groups excluding carboxylic acids is 2. The van der Waals surface area contributed by atoms with E-state index in [-0.39, 0.29) is 22.0 Å². The fourth-order valence-corrected chi connectivity index (χ4v) is 4.85. The average Bonchev–Trinajstić information content (AvgIpc) is 3.34. The second-order valence-electron chi connectivity index (χ2n) is 7.90. The third kappa shape index (κ3) is 6.04. The molecular formula is C23H18Cl5F2N3O2. The van der Waals surface area contributed by atoms with Gasteiger partial charge in [0, 0.05) is 22.3 Å². The Balaban J connectivity index is 1.79. The van der Waals surface area contributed by atoms with Crippen molar-refractivity contribution in [1.82, 2.24) is 0 Å². The summed E-state index contributed by atoms with van der Waals surface area (Å²) < 4.78 is 26.7. The van der Waals surface area contributed by atoms with Crippen molar-refractivity contribution >= 4 is 86.9 Å². The minimum atomic E-state index is -1.38. The number of nitrogen functional groups attached to an aromatic ring is 1. The van der Waals surface area contributed by atoms with Crippen LogP contribution in [0, 0.1) is 23.5 Å². The minimum Gasteiger partial charge on any atom is -0.399 e. The lowest BCUT2D eigenvalue weighted by Crippen LogP contribution is -2.19. The molecule has 4 N–H and O–H groups in total. The summed E-state index contributed by atoms with van der Waals surface area (Å²) in [5.74, 6) is -4.87. The maximum absolute atomic E-state index is 14.1. The van der Waals surface area contributed by atoms with Crippen LogP contribution >= 0.6 is 58.0 Å². The first-order valence-electron chi connectivity index (χ1n) is 9.98. The Morgan fingerprint density at radius 1 is 1.03 bits per heavy atom. The van der Waals surface area contributed by atoms with Crippen LogP contribution in [0.3, 0.4) is 0 Å². The highest BCUT2D eigenvalue weighted by atomic mass is 35.5. The van der Waals surface area contributed by atoms with Crippen LogP contribution < -0.4 is 16.4 Å². The number of amides is 2. The third-order valence-corrected chi connectivity index (χ3v) is 7.25. The van der Waals surface area contributed by atoms with Crippen molar-refractivity contribution in [3.8, 4) is 0 Å². The second-order valence-corrected chi connectivity index (χ2v) is 10.7. The molecule has 0 bridgehead atoms. The number of carbonyl (C=O) groups is 2. The number of halogens is 7. The van der Waals surface area contributed by atoms with Crippen LogP contribution in [-0.2, 0) is 4.79 Å². The summed E-state index contributed by atoms with van der Waals surface area (Å²) in [4.78, 5) is 25.5. The van der Waals surface area contributed by atoms with Gasteiger partial charge in [0.05, 0.1) is 21.5 Å². The Hall–Kier alpha value is -2.03. The van der Waals surface area contributed by atoms with Gasteiger partial charge in [-0.2, -0.15) is 0 Å². The molecule has 12 heteroatoms. The number of benzene rings is 2. The summed E-state index contributed by atoms with van der Waals surface area (Å²) in [6, 6.07) is 5.77. The number of hydrogen-bond acceptors (Lipinski definition) is 3. The Kier molecular flexibility index (Phi) is 8.29. The highest BCUT2D eigenvalue weighted by Crippen LogP contribution is 2.62. The smallest absolute Gasteiger partial charge is 0.257 e. The summed E-state index contributed by atoms with van der Waals surface area (Å²) in [5.41, 5.74) is 5.26. The summed E-state index contributed by atoms with van der Waals surface area (Å²) in [6.07, 6.45) is 1.58. The summed E-state index contributed by atoms with van der Waals surface area (Å²) in [7, 11) is 0. The van der Waals surface area contributed by atoms with Crippen molar-refractivity contribution in [2.24, 2.45) is 11.8 Å². The van der Waals surface area contributed by atoms with Gasteiger partial charge in [-0.05, 0) is 50.3 Å². The lowest BCUT2D eigenvalue weighted by molar-refractivity contribution is -0.117. The fourth-order valence-electron chi connectivity index (χ4n) is 3.50. The van der Waals surface area contributed by atoms with Crippen molar-refractivity contribution in [2.45, 2.75) is 18.2 Å². The number of nitrogens with two attached hydrogens (primary N) is 1. The Morgan fingerprint density at radius 2 is 1.63 bits per heavy atom. The van der Waals surface area contributed by atoms with Crippen LogP contribution in [0.15, 0.2) is 52.0 Å². The third-order valence-electron chi connectivity index (χ3n) is 5.29. The maximum atomic E-state index is 14.1. The summed E-state index contributed by atoms with van der Waals surface area (Å²) in [6.45, 7) is 3.34. The molecule has 0 radical (unpaired) electrons. The maximum Gasteiger partial charge on any atom is 0.257 e. The first-order valence-corrected chi connectivity index (χ1v) is 11.9. The fraction of sp³-hybridized carbons (Fsp3) is 0.217. The number of hydrogen-bond donors (Lipinski definition) is 3. The zero-order valence-corrected chi connectivity index (χ0v) is 21.9. The van der Waals surface area contributed by atoms with Gasteiger partial charge in [0.25, 0.3) is 5.91 Å². The monoisotopic (exact) mass is 581 g/mol.